The number of aliphatic hydroxyl groups is 1. The van der Waals surface area contributed by atoms with Crippen molar-refractivity contribution in [3.63, 3.8) is 0 Å². The quantitative estimate of drug-likeness (QED) is 0.648. The summed E-state index contributed by atoms with van der Waals surface area (Å²) in [7, 11) is 0. The molecule has 2 atom stereocenters. The number of rotatable bonds is 1. The first-order chi connectivity index (χ1) is 6.20. The number of benzene rings is 1. The van der Waals surface area contributed by atoms with Gasteiger partial charge in [-0.15, -0.1) is 0 Å². The van der Waals surface area contributed by atoms with Crippen LogP contribution in [0.4, 0.5) is 0 Å². The standard InChI is InChI=1S/C12H14O/c1-12(13)9-5-8-11(12)10-6-3-2-4-7-10/h2-8,11,13H,9H2,1H3/t11-,12+/m1/s1. The topological polar surface area (TPSA) is 20.2 Å². The minimum Gasteiger partial charge on any atom is -0.389 e. The molecule has 13 heavy (non-hydrogen) atoms. The lowest BCUT2D eigenvalue weighted by Crippen LogP contribution is -2.27. The molecule has 0 radical (unpaired) electrons. The summed E-state index contributed by atoms with van der Waals surface area (Å²) in [4.78, 5) is 0. The Morgan fingerprint density at radius 1 is 1.31 bits per heavy atom. The Kier molecular flexibility index (Phi) is 1.97. The molecule has 1 N–H and O–H groups in total. The summed E-state index contributed by atoms with van der Waals surface area (Å²) >= 11 is 0. The van der Waals surface area contributed by atoms with E-state index in [-0.39, 0.29) is 5.92 Å². The molecule has 0 bridgehead atoms. The summed E-state index contributed by atoms with van der Waals surface area (Å²) in [5, 5.41) is 10.0. The minimum atomic E-state index is -0.596. The van der Waals surface area contributed by atoms with Crippen molar-refractivity contribution in [3.8, 4) is 0 Å². The van der Waals surface area contributed by atoms with Crippen molar-refractivity contribution < 1.29 is 5.11 Å². The van der Waals surface area contributed by atoms with Gasteiger partial charge in [-0.05, 0) is 18.9 Å². The highest BCUT2D eigenvalue weighted by Gasteiger charge is 2.33. The fraction of sp³-hybridized carbons (Fsp3) is 0.333. The molecule has 1 aromatic rings. The molecule has 1 aliphatic rings. The monoisotopic (exact) mass is 174 g/mol. The van der Waals surface area contributed by atoms with E-state index < -0.39 is 5.60 Å². The highest BCUT2D eigenvalue weighted by atomic mass is 16.3. The zero-order valence-electron chi connectivity index (χ0n) is 7.77. The van der Waals surface area contributed by atoms with Gasteiger partial charge in [0.1, 0.15) is 0 Å². The molecule has 1 aromatic carbocycles. The molecule has 0 unspecified atom stereocenters. The van der Waals surface area contributed by atoms with Gasteiger partial charge in [-0.3, -0.25) is 0 Å². The zero-order valence-corrected chi connectivity index (χ0v) is 7.77. The predicted octanol–water partition coefficient (Wildman–Crippen LogP) is 2.48. The highest BCUT2D eigenvalue weighted by Crippen LogP contribution is 2.37. The van der Waals surface area contributed by atoms with Crippen LogP contribution >= 0.6 is 0 Å². The van der Waals surface area contributed by atoms with Gasteiger partial charge in [-0.25, -0.2) is 0 Å². The van der Waals surface area contributed by atoms with Crippen LogP contribution in [0.25, 0.3) is 0 Å². The van der Waals surface area contributed by atoms with Gasteiger partial charge in [0, 0.05) is 5.92 Å². The van der Waals surface area contributed by atoms with Crippen molar-refractivity contribution in [2.45, 2.75) is 24.9 Å². The molecule has 0 aromatic heterocycles. The van der Waals surface area contributed by atoms with Crippen LogP contribution in [-0.2, 0) is 0 Å². The van der Waals surface area contributed by atoms with E-state index in [4.69, 9.17) is 0 Å². The van der Waals surface area contributed by atoms with Crippen molar-refractivity contribution in [2.75, 3.05) is 0 Å². The second-order valence-electron chi connectivity index (χ2n) is 3.88. The molecule has 1 nitrogen and oxygen atoms in total. The Hall–Kier alpha value is -1.08. The summed E-state index contributed by atoms with van der Waals surface area (Å²) in [5.74, 6) is 0.161. The third kappa shape index (κ3) is 1.52. The van der Waals surface area contributed by atoms with Gasteiger partial charge >= 0.3 is 0 Å². The van der Waals surface area contributed by atoms with Crippen LogP contribution in [0.5, 0.6) is 0 Å². The fourth-order valence-electron chi connectivity index (χ4n) is 1.91. The van der Waals surface area contributed by atoms with Crippen LogP contribution < -0.4 is 0 Å². The van der Waals surface area contributed by atoms with Gasteiger partial charge in [0.05, 0.1) is 5.60 Å². The maximum atomic E-state index is 10.0. The Morgan fingerprint density at radius 2 is 2.00 bits per heavy atom. The molecule has 0 spiro atoms. The first-order valence-corrected chi connectivity index (χ1v) is 4.64. The van der Waals surface area contributed by atoms with Crippen LogP contribution in [0.15, 0.2) is 42.5 Å². The molecule has 68 valence electrons. The summed E-state index contributed by atoms with van der Waals surface area (Å²) in [6.45, 7) is 1.89. The van der Waals surface area contributed by atoms with E-state index in [0.29, 0.717) is 0 Å². The number of hydrogen-bond donors (Lipinski definition) is 1. The molecule has 0 aliphatic heterocycles. The van der Waals surface area contributed by atoms with Gasteiger partial charge < -0.3 is 5.11 Å². The second-order valence-corrected chi connectivity index (χ2v) is 3.88. The molecular formula is C12H14O. The Labute approximate surface area is 78.7 Å². The van der Waals surface area contributed by atoms with Crippen molar-refractivity contribution in [1.82, 2.24) is 0 Å². The normalized spacial score (nSPS) is 32.3. The largest absolute Gasteiger partial charge is 0.389 e. The molecule has 0 heterocycles. The van der Waals surface area contributed by atoms with Gasteiger partial charge in [0.2, 0.25) is 0 Å². The smallest absolute Gasteiger partial charge is 0.0756 e. The molecule has 2 rings (SSSR count). The van der Waals surface area contributed by atoms with Crippen LogP contribution in [-0.4, -0.2) is 10.7 Å². The molecular weight excluding hydrogens is 160 g/mol. The van der Waals surface area contributed by atoms with E-state index in [1.54, 1.807) is 0 Å². The highest BCUT2D eigenvalue weighted by molar-refractivity contribution is 5.30. The summed E-state index contributed by atoms with van der Waals surface area (Å²) in [6, 6.07) is 10.1. The summed E-state index contributed by atoms with van der Waals surface area (Å²) in [5.41, 5.74) is 0.600. The maximum Gasteiger partial charge on any atom is 0.0756 e. The molecule has 1 heteroatoms. The van der Waals surface area contributed by atoms with E-state index in [0.717, 1.165) is 6.42 Å². The molecule has 1 aliphatic carbocycles. The SMILES string of the molecule is C[C@]1(O)CC=C[C@@H]1c1ccccc1. The van der Waals surface area contributed by atoms with Gasteiger partial charge in [-0.2, -0.15) is 0 Å². The first-order valence-electron chi connectivity index (χ1n) is 4.64. The average molecular weight is 174 g/mol. The maximum absolute atomic E-state index is 10.0. The number of hydrogen-bond acceptors (Lipinski definition) is 1. The zero-order chi connectivity index (χ0) is 9.31. The third-order valence-corrected chi connectivity index (χ3v) is 2.69. The lowest BCUT2D eigenvalue weighted by Gasteiger charge is -2.25. The first kappa shape index (κ1) is 8.52. The summed E-state index contributed by atoms with van der Waals surface area (Å²) < 4.78 is 0. The Balaban J connectivity index is 2.32. The lowest BCUT2D eigenvalue weighted by molar-refractivity contribution is 0.0569. The lowest BCUT2D eigenvalue weighted by atomic mass is 9.86. The van der Waals surface area contributed by atoms with Crippen molar-refractivity contribution in [3.05, 3.63) is 48.0 Å². The molecule has 0 saturated heterocycles. The van der Waals surface area contributed by atoms with Crippen molar-refractivity contribution >= 4 is 0 Å². The molecule has 0 saturated carbocycles. The second kappa shape index (κ2) is 3.00. The van der Waals surface area contributed by atoms with Crippen LogP contribution in [0, 0.1) is 0 Å². The van der Waals surface area contributed by atoms with Crippen LogP contribution in [0.1, 0.15) is 24.8 Å². The molecule has 0 amide bonds. The van der Waals surface area contributed by atoms with E-state index in [9.17, 15) is 5.11 Å². The van der Waals surface area contributed by atoms with Gasteiger partial charge in [0.25, 0.3) is 0 Å². The minimum absolute atomic E-state index is 0.161. The summed E-state index contributed by atoms with van der Waals surface area (Å²) in [6.07, 6.45) is 4.90. The van der Waals surface area contributed by atoms with E-state index >= 15 is 0 Å². The van der Waals surface area contributed by atoms with E-state index in [1.165, 1.54) is 5.56 Å². The predicted molar refractivity (Wildman–Crippen MR) is 53.6 cm³/mol. The Morgan fingerprint density at radius 3 is 2.54 bits per heavy atom. The fourth-order valence-corrected chi connectivity index (χ4v) is 1.91. The van der Waals surface area contributed by atoms with Crippen molar-refractivity contribution in [1.29, 1.82) is 0 Å². The van der Waals surface area contributed by atoms with Gasteiger partial charge in [-0.1, -0.05) is 42.5 Å². The third-order valence-electron chi connectivity index (χ3n) is 2.69. The van der Waals surface area contributed by atoms with Crippen LogP contribution in [0.2, 0.25) is 0 Å². The van der Waals surface area contributed by atoms with Gasteiger partial charge in [0.15, 0.2) is 0 Å². The Bertz CT molecular complexity index is 311. The molecule has 0 fully saturated rings. The van der Waals surface area contributed by atoms with Crippen LogP contribution in [0.3, 0.4) is 0 Å². The van der Waals surface area contributed by atoms with E-state index in [1.807, 2.05) is 25.1 Å². The average Bonchev–Trinajstić information content (AvgIpc) is 2.47. The van der Waals surface area contributed by atoms with E-state index in [2.05, 4.69) is 24.3 Å². The van der Waals surface area contributed by atoms with Crippen molar-refractivity contribution in [2.24, 2.45) is 0 Å².